The normalized spacial score (nSPS) is 16.4. The lowest BCUT2D eigenvalue weighted by molar-refractivity contribution is 0.0679. The molecule has 5 heteroatoms. The van der Waals surface area contributed by atoms with Crippen LogP contribution in [0.2, 0.25) is 0 Å². The van der Waals surface area contributed by atoms with Gasteiger partial charge in [-0.15, -0.1) is 0 Å². The molecule has 1 saturated heterocycles. The molecule has 132 valence electrons. The summed E-state index contributed by atoms with van der Waals surface area (Å²) >= 11 is 0. The van der Waals surface area contributed by atoms with E-state index in [1.165, 1.54) is 0 Å². The van der Waals surface area contributed by atoms with Gasteiger partial charge in [0.05, 0.1) is 13.2 Å². The molecule has 0 spiro atoms. The van der Waals surface area contributed by atoms with Crippen LogP contribution in [0.3, 0.4) is 0 Å². The quantitative estimate of drug-likeness (QED) is 0.840. The Kier molecular flexibility index (Phi) is 5.90. The molecule has 0 radical (unpaired) electrons. The number of rotatable bonds is 7. The van der Waals surface area contributed by atoms with E-state index in [4.69, 9.17) is 14.2 Å². The maximum absolute atomic E-state index is 12.3. The summed E-state index contributed by atoms with van der Waals surface area (Å²) < 4.78 is 16.4. The molecule has 1 amide bonds. The molecular weight excluding hydrogens is 318 g/mol. The number of carbonyl (C=O) groups is 1. The third-order valence-corrected chi connectivity index (χ3v) is 4.17. The van der Waals surface area contributed by atoms with Gasteiger partial charge in [0.1, 0.15) is 18.1 Å². The summed E-state index contributed by atoms with van der Waals surface area (Å²) in [7, 11) is 1.63. The molecule has 0 bridgehead atoms. The first-order chi connectivity index (χ1) is 12.2. The van der Waals surface area contributed by atoms with Crippen molar-refractivity contribution in [1.29, 1.82) is 0 Å². The zero-order valence-electron chi connectivity index (χ0n) is 14.4. The van der Waals surface area contributed by atoms with Crippen molar-refractivity contribution in [3.05, 3.63) is 59.7 Å². The van der Waals surface area contributed by atoms with Crippen LogP contribution in [0.1, 0.15) is 28.8 Å². The van der Waals surface area contributed by atoms with Gasteiger partial charge < -0.3 is 19.5 Å². The summed E-state index contributed by atoms with van der Waals surface area (Å²) in [5, 5.41) is 2.92. The number of hydrogen-bond acceptors (Lipinski definition) is 4. The van der Waals surface area contributed by atoms with E-state index in [2.05, 4.69) is 5.32 Å². The first-order valence-electron chi connectivity index (χ1n) is 8.50. The third kappa shape index (κ3) is 4.97. The number of nitrogens with one attached hydrogen (secondary N) is 1. The molecule has 2 aromatic carbocycles. The van der Waals surface area contributed by atoms with Crippen LogP contribution in [-0.2, 0) is 11.3 Å². The Labute approximate surface area is 147 Å². The molecule has 1 N–H and O–H groups in total. The van der Waals surface area contributed by atoms with Crippen LogP contribution in [0.25, 0.3) is 0 Å². The zero-order valence-corrected chi connectivity index (χ0v) is 14.4. The van der Waals surface area contributed by atoms with E-state index in [0.717, 1.165) is 30.8 Å². The highest BCUT2D eigenvalue weighted by Gasteiger charge is 2.16. The maximum atomic E-state index is 12.3. The van der Waals surface area contributed by atoms with Crippen molar-refractivity contribution in [3.63, 3.8) is 0 Å². The van der Waals surface area contributed by atoms with Crippen molar-refractivity contribution in [2.75, 3.05) is 20.3 Å². The number of amides is 1. The van der Waals surface area contributed by atoms with E-state index in [1.807, 2.05) is 36.4 Å². The molecule has 25 heavy (non-hydrogen) atoms. The fraction of sp³-hybridized carbons (Fsp3) is 0.350. The number of ether oxygens (including phenoxy) is 3. The second kappa shape index (κ2) is 8.53. The molecule has 1 fully saturated rings. The van der Waals surface area contributed by atoms with Gasteiger partial charge in [0.15, 0.2) is 0 Å². The summed E-state index contributed by atoms with van der Waals surface area (Å²) in [6, 6.07) is 14.8. The fourth-order valence-electron chi connectivity index (χ4n) is 2.72. The van der Waals surface area contributed by atoms with Crippen molar-refractivity contribution < 1.29 is 19.0 Å². The Bertz CT molecular complexity index is 693. The molecule has 5 nitrogen and oxygen atoms in total. The van der Waals surface area contributed by atoms with Gasteiger partial charge in [-0.25, -0.2) is 0 Å². The maximum Gasteiger partial charge on any atom is 0.251 e. The van der Waals surface area contributed by atoms with Crippen molar-refractivity contribution in [2.24, 2.45) is 0 Å². The molecular formula is C20H23NO4. The van der Waals surface area contributed by atoms with Crippen LogP contribution in [-0.4, -0.2) is 32.3 Å². The van der Waals surface area contributed by atoms with Gasteiger partial charge in [0, 0.05) is 18.7 Å². The van der Waals surface area contributed by atoms with E-state index >= 15 is 0 Å². The largest absolute Gasteiger partial charge is 0.497 e. The smallest absolute Gasteiger partial charge is 0.251 e. The third-order valence-electron chi connectivity index (χ3n) is 4.17. The molecule has 0 aromatic heterocycles. The monoisotopic (exact) mass is 341 g/mol. The van der Waals surface area contributed by atoms with Gasteiger partial charge in [0.25, 0.3) is 5.91 Å². The molecule has 1 heterocycles. The Balaban J connectivity index is 1.53. The van der Waals surface area contributed by atoms with E-state index < -0.39 is 0 Å². The highest BCUT2D eigenvalue weighted by molar-refractivity contribution is 5.94. The van der Waals surface area contributed by atoms with Crippen molar-refractivity contribution >= 4 is 5.91 Å². The summed E-state index contributed by atoms with van der Waals surface area (Å²) in [5.74, 6) is 1.36. The average molecular weight is 341 g/mol. The van der Waals surface area contributed by atoms with E-state index in [0.29, 0.717) is 24.5 Å². The summed E-state index contributed by atoms with van der Waals surface area (Å²) in [4.78, 5) is 12.3. The van der Waals surface area contributed by atoms with Crippen LogP contribution in [0.5, 0.6) is 11.5 Å². The Morgan fingerprint density at radius 1 is 1.20 bits per heavy atom. The van der Waals surface area contributed by atoms with Gasteiger partial charge in [0.2, 0.25) is 0 Å². The molecule has 3 rings (SSSR count). The van der Waals surface area contributed by atoms with Crippen LogP contribution in [0, 0.1) is 0 Å². The lowest BCUT2D eigenvalue weighted by Crippen LogP contribution is -2.23. The number of carbonyl (C=O) groups excluding carboxylic acids is 1. The van der Waals surface area contributed by atoms with E-state index in [-0.39, 0.29) is 12.0 Å². The predicted molar refractivity (Wildman–Crippen MR) is 95.1 cm³/mol. The first-order valence-corrected chi connectivity index (χ1v) is 8.50. The predicted octanol–water partition coefficient (Wildman–Crippen LogP) is 3.18. The van der Waals surface area contributed by atoms with Crippen molar-refractivity contribution in [1.82, 2.24) is 5.32 Å². The number of methoxy groups -OCH3 is 1. The minimum atomic E-state index is -0.126. The van der Waals surface area contributed by atoms with Crippen LogP contribution in [0.4, 0.5) is 0 Å². The van der Waals surface area contributed by atoms with E-state index in [9.17, 15) is 4.79 Å². The minimum Gasteiger partial charge on any atom is -0.497 e. The van der Waals surface area contributed by atoms with Gasteiger partial charge in [-0.2, -0.15) is 0 Å². The molecule has 1 aliphatic heterocycles. The van der Waals surface area contributed by atoms with Crippen LogP contribution >= 0.6 is 0 Å². The molecule has 0 aliphatic carbocycles. The Morgan fingerprint density at radius 3 is 2.76 bits per heavy atom. The van der Waals surface area contributed by atoms with Gasteiger partial charge in [-0.3, -0.25) is 4.79 Å². The van der Waals surface area contributed by atoms with Gasteiger partial charge in [-0.1, -0.05) is 18.2 Å². The summed E-state index contributed by atoms with van der Waals surface area (Å²) in [6.45, 7) is 1.79. The fourth-order valence-corrected chi connectivity index (χ4v) is 2.72. The lowest BCUT2D eigenvalue weighted by Gasteiger charge is -2.12. The molecule has 1 aliphatic rings. The number of benzene rings is 2. The first kappa shape index (κ1) is 17.3. The second-order valence-electron chi connectivity index (χ2n) is 6.00. The second-order valence-corrected chi connectivity index (χ2v) is 6.00. The summed E-state index contributed by atoms with van der Waals surface area (Å²) in [6.07, 6.45) is 2.27. The number of hydrogen-bond donors (Lipinski definition) is 1. The Morgan fingerprint density at radius 2 is 2.04 bits per heavy atom. The topological polar surface area (TPSA) is 56.8 Å². The van der Waals surface area contributed by atoms with Gasteiger partial charge >= 0.3 is 0 Å². The highest BCUT2D eigenvalue weighted by Crippen LogP contribution is 2.17. The van der Waals surface area contributed by atoms with Crippen LogP contribution in [0.15, 0.2) is 48.5 Å². The average Bonchev–Trinajstić information content (AvgIpc) is 3.19. The van der Waals surface area contributed by atoms with E-state index in [1.54, 1.807) is 19.2 Å². The molecule has 1 unspecified atom stereocenters. The minimum absolute atomic E-state index is 0.126. The zero-order chi connectivity index (χ0) is 17.5. The standard InChI is InChI=1S/C20H23NO4/c1-23-17-9-7-15(8-10-17)13-21-20(22)16-4-2-5-18(12-16)25-14-19-6-3-11-24-19/h2,4-5,7-10,12,19H,3,6,11,13-14H2,1H3,(H,21,22). The molecule has 2 aromatic rings. The van der Waals surface area contributed by atoms with Gasteiger partial charge in [-0.05, 0) is 48.7 Å². The van der Waals surface area contributed by atoms with Crippen molar-refractivity contribution in [2.45, 2.75) is 25.5 Å². The SMILES string of the molecule is COc1ccc(CNC(=O)c2cccc(OCC3CCCO3)c2)cc1. The Hall–Kier alpha value is -2.53. The molecule has 1 atom stereocenters. The molecule has 0 saturated carbocycles. The lowest BCUT2D eigenvalue weighted by atomic mass is 10.2. The van der Waals surface area contributed by atoms with Crippen molar-refractivity contribution in [3.8, 4) is 11.5 Å². The highest BCUT2D eigenvalue weighted by atomic mass is 16.5. The van der Waals surface area contributed by atoms with Crippen LogP contribution < -0.4 is 14.8 Å². The summed E-state index contributed by atoms with van der Waals surface area (Å²) in [5.41, 5.74) is 1.60.